The summed E-state index contributed by atoms with van der Waals surface area (Å²) >= 11 is 0. The third kappa shape index (κ3) is 1.47. The first-order valence-electron chi connectivity index (χ1n) is 6.27. The highest BCUT2D eigenvalue weighted by Gasteiger charge is 2.11. The molecule has 0 saturated heterocycles. The third-order valence-corrected chi connectivity index (χ3v) is 3.61. The summed E-state index contributed by atoms with van der Waals surface area (Å²) in [6, 6.07) is 18.2. The molecule has 0 radical (unpaired) electrons. The van der Waals surface area contributed by atoms with Gasteiger partial charge in [0.05, 0.1) is 10.8 Å². The lowest BCUT2D eigenvalue weighted by atomic mass is 10.1. The minimum absolute atomic E-state index is 0.319. The lowest BCUT2D eigenvalue weighted by Crippen LogP contribution is -2.20. The van der Waals surface area contributed by atoms with Gasteiger partial charge < -0.3 is 5.11 Å². The van der Waals surface area contributed by atoms with Crippen LogP contribution in [-0.2, 0) is 0 Å². The number of phenolic OH excluding ortho intramolecular Hbond substituents is 1. The van der Waals surface area contributed by atoms with Gasteiger partial charge in [-0.3, -0.25) is 0 Å². The van der Waals surface area contributed by atoms with Crippen molar-refractivity contribution in [1.82, 2.24) is 0 Å². The molecule has 0 fully saturated rings. The SMILES string of the molecule is Oc1cccc2cc3c4ccccc4cc[n+]3cc12. The Labute approximate surface area is 110 Å². The number of aromatic hydroxyl groups is 1. The fraction of sp³-hybridized carbons (Fsp3) is 0. The highest BCUT2D eigenvalue weighted by Crippen LogP contribution is 2.25. The molecule has 2 aromatic carbocycles. The van der Waals surface area contributed by atoms with Crippen LogP contribution in [0.4, 0.5) is 0 Å². The molecule has 2 heteroatoms. The van der Waals surface area contributed by atoms with Gasteiger partial charge >= 0.3 is 0 Å². The number of pyridine rings is 2. The van der Waals surface area contributed by atoms with Crippen LogP contribution in [0.5, 0.6) is 5.75 Å². The summed E-state index contributed by atoms with van der Waals surface area (Å²) in [5.41, 5.74) is 1.15. The molecule has 0 saturated carbocycles. The standard InChI is InChI=1S/C17H11NO/c19-17-7-3-5-13-10-16-14-6-2-1-4-12(14)8-9-18(16)11-15(13)17/h1-11H/p+1. The summed E-state index contributed by atoms with van der Waals surface area (Å²) in [5.74, 6) is 0.319. The van der Waals surface area contributed by atoms with Gasteiger partial charge in [-0.25, -0.2) is 0 Å². The zero-order valence-corrected chi connectivity index (χ0v) is 10.2. The Morgan fingerprint density at radius 3 is 2.58 bits per heavy atom. The lowest BCUT2D eigenvalue weighted by molar-refractivity contribution is -0.509. The van der Waals surface area contributed by atoms with Crippen LogP contribution in [0.25, 0.3) is 27.1 Å². The van der Waals surface area contributed by atoms with Crippen molar-refractivity contribution in [2.24, 2.45) is 0 Å². The normalized spacial score (nSPS) is 11.4. The molecule has 2 nitrogen and oxygen atoms in total. The van der Waals surface area contributed by atoms with Gasteiger partial charge in [0, 0.05) is 12.1 Å². The van der Waals surface area contributed by atoms with E-state index < -0.39 is 0 Å². The van der Waals surface area contributed by atoms with Gasteiger partial charge in [0.1, 0.15) is 5.75 Å². The second-order valence-corrected chi connectivity index (χ2v) is 4.75. The maximum atomic E-state index is 9.93. The maximum Gasteiger partial charge on any atom is 0.219 e. The minimum atomic E-state index is 0.319. The molecule has 0 aliphatic rings. The highest BCUT2D eigenvalue weighted by molar-refractivity contribution is 5.98. The van der Waals surface area contributed by atoms with Crippen molar-refractivity contribution < 1.29 is 9.51 Å². The first-order chi connectivity index (χ1) is 9.33. The van der Waals surface area contributed by atoms with Crippen LogP contribution in [0.3, 0.4) is 0 Å². The van der Waals surface area contributed by atoms with Gasteiger partial charge in [0.15, 0.2) is 12.4 Å². The first kappa shape index (κ1) is 10.3. The Balaban J connectivity index is 2.26. The average Bonchev–Trinajstić information content (AvgIpc) is 2.46. The summed E-state index contributed by atoms with van der Waals surface area (Å²) in [6.45, 7) is 0. The van der Waals surface area contributed by atoms with Crippen molar-refractivity contribution in [2.45, 2.75) is 0 Å². The van der Waals surface area contributed by atoms with Gasteiger partial charge in [-0.2, -0.15) is 4.40 Å². The molecule has 0 aliphatic heterocycles. The number of hydrogen-bond acceptors (Lipinski definition) is 1. The fourth-order valence-corrected chi connectivity index (χ4v) is 2.64. The van der Waals surface area contributed by atoms with Gasteiger partial charge in [-0.15, -0.1) is 0 Å². The quantitative estimate of drug-likeness (QED) is 0.287. The molecule has 0 unspecified atom stereocenters. The summed E-state index contributed by atoms with van der Waals surface area (Å²) in [5, 5.41) is 14.3. The summed E-state index contributed by atoms with van der Waals surface area (Å²) in [4.78, 5) is 0. The number of hydrogen-bond donors (Lipinski definition) is 1. The zero-order valence-electron chi connectivity index (χ0n) is 10.2. The number of nitrogens with zero attached hydrogens (tertiary/aromatic N) is 1. The number of fused-ring (bicyclic) bond motifs is 4. The molecule has 0 bridgehead atoms. The molecule has 4 aromatic rings. The Morgan fingerprint density at radius 2 is 1.63 bits per heavy atom. The molecule has 0 spiro atoms. The van der Waals surface area contributed by atoms with E-state index in [2.05, 4.69) is 34.7 Å². The molecule has 0 atom stereocenters. The fourth-order valence-electron chi connectivity index (χ4n) is 2.64. The summed E-state index contributed by atoms with van der Waals surface area (Å²) < 4.78 is 2.06. The van der Waals surface area contributed by atoms with Crippen LogP contribution in [0.15, 0.2) is 67.0 Å². The predicted molar refractivity (Wildman–Crippen MR) is 76.3 cm³/mol. The number of aromatic nitrogens is 1. The van der Waals surface area contributed by atoms with Crippen molar-refractivity contribution in [2.75, 3.05) is 0 Å². The van der Waals surface area contributed by atoms with Gasteiger partial charge in [-0.1, -0.05) is 30.3 Å². The van der Waals surface area contributed by atoms with Gasteiger partial charge in [0.25, 0.3) is 0 Å². The monoisotopic (exact) mass is 246 g/mol. The summed E-state index contributed by atoms with van der Waals surface area (Å²) in [6.07, 6.45) is 4.01. The van der Waals surface area contributed by atoms with Crippen LogP contribution in [0.2, 0.25) is 0 Å². The highest BCUT2D eigenvalue weighted by atomic mass is 16.3. The Kier molecular flexibility index (Phi) is 2.00. The molecular weight excluding hydrogens is 234 g/mol. The average molecular weight is 246 g/mol. The third-order valence-electron chi connectivity index (χ3n) is 3.61. The minimum Gasteiger partial charge on any atom is -0.507 e. The predicted octanol–water partition coefficient (Wildman–Crippen LogP) is 3.44. The van der Waals surface area contributed by atoms with Crippen LogP contribution in [-0.4, -0.2) is 5.11 Å². The van der Waals surface area contributed by atoms with Crippen molar-refractivity contribution in [3.63, 3.8) is 0 Å². The van der Waals surface area contributed by atoms with E-state index in [1.807, 2.05) is 30.6 Å². The van der Waals surface area contributed by atoms with Crippen molar-refractivity contribution in [3.8, 4) is 5.75 Å². The second kappa shape index (κ2) is 3.69. The van der Waals surface area contributed by atoms with E-state index in [1.54, 1.807) is 6.07 Å². The maximum absolute atomic E-state index is 9.93. The van der Waals surface area contributed by atoms with E-state index in [-0.39, 0.29) is 0 Å². The van der Waals surface area contributed by atoms with Crippen LogP contribution < -0.4 is 4.40 Å². The Morgan fingerprint density at radius 1 is 0.789 bits per heavy atom. The van der Waals surface area contributed by atoms with E-state index in [0.29, 0.717) is 5.75 Å². The van der Waals surface area contributed by atoms with E-state index in [9.17, 15) is 5.11 Å². The molecule has 0 amide bonds. The van der Waals surface area contributed by atoms with Crippen LogP contribution >= 0.6 is 0 Å². The molecule has 2 heterocycles. The van der Waals surface area contributed by atoms with Crippen molar-refractivity contribution in [1.29, 1.82) is 0 Å². The number of rotatable bonds is 0. The Bertz CT molecular complexity index is 928. The van der Waals surface area contributed by atoms with Gasteiger partial charge in [0.2, 0.25) is 5.52 Å². The second-order valence-electron chi connectivity index (χ2n) is 4.75. The topological polar surface area (TPSA) is 24.3 Å². The molecule has 2 aromatic heterocycles. The van der Waals surface area contributed by atoms with Crippen LogP contribution in [0.1, 0.15) is 0 Å². The van der Waals surface area contributed by atoms with Crippen molar-refractivity contribution in [3.05, 3.63) is 67.0 Å². The van der Waals surface area contributed by atoms with Crippen LogP contribution in [0, 0.1) is 0 Å². The zero-order chi connectivity index (χ0) is 12.8. The first-order valence-corrected chi connectivity index (χ1v) is 6.27. The van der Waals surface area contributed by atoms with Gasteiger partial charge in [-0.05, 0) is 22.9 Å². The molecule has 0 aliphatic carbocycles. The largest absolute Gasteiger partial charge is 0.507 e. The smallest absolute Gasteiger partial charge is 0.219 e. The van der Waals surface area contributed by atoms with E-state index in [1.165, 1.54) is 10.8 Å². The van der Waals surface area contributed by atoms with E-state index in [0.717, 1.165) is 16.3 Å². The summed E-state index contributed by atoms with van der Waals surface area (Å²) in [7, 11) is 0. The number of phenols is 1. The molecule has 19 heavy (non-hydrogen) atoms. The molecule has 4 rings (SSSR count). The molecular formula is C17H12NO+. The molecule has 1 N–H and O–H groups in total. The number of benzene rings is 2. The van der Waals surface area contributed by atoms with E-state index in [4.69, 9.17) is 0 Å². The lowest BCUT2D eigenvalue weighted by Gasteiger charge is -2.02. The van der Waals surface area contributed by atoms with E-state index >= 15 is 0 Å². The molecule has 90 valence electrons. The van der Waals surface area contributed by atoms with Crippen molar-refractivity contribution >= 4 is 27.1 Å². The Hall–Kier alpha value is -2.61.